The number of benzene rings is 1. The van der Waals surface area contributed by atoms with Gasteiger partial charge in [0.15, 0.2) is 0 Å². The summed E-state index contributed by atoms with van der Waals surface area (Å²) in [6.07, 6.45) is -5.57. The molecule has 16 heavy (non-hydrogen) atoms. The van der Waals surface area contributed by atoms with E-state index in [1.807, 2.05) is 6.92 Å². The summed E-state index contributed by atoms with van der Waals surface area (Å²) in [4.78, 5) is 0. The molecule has 0 spiro atoms. The van der Waals surface area contributed by atoms with E-state index in [9.17, 15) is 18.3 Å². The standard InChI is InChI=1S/C11H14F3NO/c1-2-15-7-10(16)8-5-3-4-6-9(8)11(12,13)14/h3-6,10,15-16H,2,7H2,1H3. The molecule has 0 aliphatic rings. The lowest BCUT2D eigenvalue weighted by atomic mass is 10.0. The van der Waals surface area contributed by atoms with E-state index in [2.05, 4.69) is 5.32 Å². The van der Waals surface area contributed by atoms with Gasteiger partial charge < -0.3 is 10.4 Å². The number of likely N-dealkylation sites (N-methyl/N-ethyl adjacent to an activating group) is 1. The molecule has 1 aromatic rings. The molecule has 90 valence electrons. The minimum atomic E-state index is -4.43. The van der Waals surface area contributed by atoms with Gasteiger partial charge in [-0.2, -0.15) is 13.2 Å². The fraction of sp³-hybridized carbons (Fsp3) is 0.455. The molecule has 0 amide bonds. The second-order valence-electron chi connectivity index (χ2n) is 3.41. The van der Waals surface area contributed by atoms with Gasteiger partial charge in [0.1, 0.15) is 0 Å². The Kier molecular flexibility index (Phi) is 4.32. The molecule has 1 unspecified atom stereocenters. The van der Waals surface area contributed by atoms with Gasteiger partial charge in [0.25, 0.3) is 0 Å². The van der Waals surface area contributed by atoms with Crippen molar-refractivity contribution in [1.29, 1.82) is 0 Å². The maximum absolute atomic E-state index is 12.6. The highest BCUT2D eigenvalue weighted by Gasteiger charge is 2.34. The molecular formula is C11H14F3NO. The molecule has 0 aliphatic carbocycles. The number of halogens is 3. The van der Waals surface area contributed by atoms with Gasteiger partial charge in [0, 0.05) is 6.54 Å². The van der Waals surface area contributed by atoms with E-state index in [1.165, 1.54) is 18.2 Å². The van der Waals surface area contributed by atoms with Gasteiger partial charge >= 0.3 is 6.18 Å². The van der Waals surface area contributed by atoms with E-state index in [4.69, 9.17) is 0 Å². The molecule has 1 atom stereocenters. The van der Waals surface area contributed by atoms with E-state index in [-0.39, 0.29) is 12.1 Å². The van der Waals surface area contributed by atoms with Crippen LogP contribution in [-0.2, 0) is 6.18 Å². The predicted molar refractivity (Wildman–Crippen MR) is 54.9 cm³/mol. The maximum atomic E-state index is 12.6. The number of nitrogens with one attached hydrogen (secondary N) is 1. The van der Waals surface area contributed by atoms with Crippen molar-refractivity contribution in [1.82, 2.24) is 5.32 Å². The summed E-state index contributed by atoms with van der Waals surface area (Å²) in [6.45, 7) is 2.54. The zero-order valence-corrected chi connectivity index (χ0v) is 8.88. The van der Waals surface area contributed by atoms with Crippen LogP contribution in [0, 0.1) is 0 Å². The van der Waals surface area contributed by atoms with Gasteiger partial charge in [-0.15, -0.1) is 0 Å². The molecule has 0 saturated heterocycles. The number of rotatable bonds is 4. The summed E-state index contributed by atoms with van der Waals surface area (Å²) < 4.78 is 37.8. The van der Waals surface area contributed by atoms with Gasteiger partial charge in [-0.1, -0.05) is 25.1 Å². The number of alkyl halides is 3. The van der Waals surface area contributed by atoms with Crippen LogP contribution in [0.3, 0.4) is 0 Å². The average molecular weight is 233 g/mol. The fourth-order valence-electron chi connectivity index (χ4n) is 1.44. The quantitative estimate of drug-likeness (QED) is 0.836. The third-order valence-corrected chi connectivity index (χ3v) is 2.21. The molecule has 0 aromatic heterocycles. The summed E-state index contributed by atoms with van der Waals surface area (Å²) in [6, 6.07) is 5.07. The Labute approximate surface area is 92.1 Å². The Balaban J connectivity index is 2.94. The smallest absolute Gasteiger partial charge is 0.387 e. The molecular weight excluding hydrogens is 219 g/mol. The topological polar surface area (TPSA) is 32.3 Å². The van der Waals surface area contributed by atoms with Crippen LogP contribution in [0.4, 0.5) is 13.2 Å². The summed E-state index contributed by atoms with van der Waals surface area (Å²) in [5.74, 6) is 0. The van der Waals surface area contributed by atoms with Crippen molar-refractivity contribution in [3.05, 3.63) is 35.4 Å². The van der Waals surface area contributed by atoms with Crippen molar-refractivity contribution in [3.63, 3.8) is 0 Å². The van der Waals surface area contributed by atoms with E-state index in [0.29, 0.717) is 6.54 Å². The van der Waals surface area contributed by atoms with Crippen molar-refractivity contribution < 1.29 is 18.3 Å². The first kappa shape index (κ1) is 13.0. The first-order chi connectivity index (χ1) is 7.46. The predicted octanol–water partition coefficient (Wildman–Crippen LogP) is 2.35. The van der Waals surface area contributed by atoms with E-state index < -0.39 is 17.8 Å². The van der Waals surface area contributed by atoms with Gasteiger partial charge in [-0.3, -0.25) is 0 Å². The minimum Gasteiger partial charge on any atom is -0.387 e. The first-order valence-electron chi connectivity index (χ1n) is 5.01. The van der Waals surface area contributed by atoms with Gasteiger partial charge in [0.2, 0.25) is 0 Å². The number of hydrogen-bond donors (Lipinski definition) is 2. The lowest BCUT2D eigenvalue weighted by Gasteiger charge is -2.17. The summed E-state index contributed by atoms with van der Waals surface area (Å²) in [5, 5.41) is 12.4. The Morgan fingerprint density at radius 1 is 1.31 bits per heavy atom. The van der Waals surface area contributed by atoms with E-state index in [1.54, 1.807) is 0 Å². The third-order valence-electron chi connectivity index (χ3n) is 2.21. The molecule has 0 bridgehead atoms. The third kappa shape index (κ3) is 3.21. The number of aliphatic hydroxyl groups excluding tert-OH is 1. The normalized spacial score (nSPS) is 13.8. The average Bonchev–Trinajstić information content (AvgIpc) is 2.24. The van der Waals surface area contributed by atoms with Crippen molar-refractivity contribution in [2.75, 3.05) is 13.1 Å². The molecule has 0 fully saturated rings. The van der Waals surface area contributed by atoms with Crippen LogP contribution in [0.1, 0.15) is 24.2 Å². The Morgan fingerprint density at radius 2 is 1.94 bits per heavy atom. The summed E-state index contributed by atoms with van der Waals surface area (Å²) >= 11 is 0. The van der Waals surface area contributed by atoms with E-state index >= 15 is 0 Å². The molecule has 0 saturated carbocycles. The van der Waals surface area contributed by atoms with Gasteiger partial charge in [-0.25, -0.2) is 0 Å². The SMILES string of the molecule is CCNCC(O)c1ccccc1C(F)(F)F. The van der Waals surface area contributed by atoms with Crippen LogP contribution in [0.5, 0.6) is 0 Å². The molecule has 0 radical (unpaired) electrons. The lowest BCUT2D eigenvalue weighted by Crippen LogP contribution is -2.23. The monoisotopic (exact) mass is 233 g/mol. The largest absolute Gasteiger partial charge is 0.416 e. The van der Waals surface area contributed by atoms with Crippen LogP contribution in [0.15, 0.2) is 24.3 Å². The van der Waals surface area contributed by atoms with Crippen molar-refractivity contribution in [3.8, 4) is 0 Å². The first-order valence-corrected chi connectivity index (χ1v) is 5.01. The zero-order valence-electron chi connectivity index (χ0n) is 8.88. The highest BCUT2D eigenvalue weighted by molar-refractivity contribution is 5.31. The van der Waals surface area contributed by atoms with Crippen LogP contribution >= 0.6 is 0 Å². The highest BCUT2D eigenvalue weighted by Crippen LogP contribution is 2.34. The fourth-order valence-corrected chi connectivity index (χ4v) is 1.44. The second-order valence-corrected chi connectivity index (χ2v) is 3.41. The molecule has 1 rings (SSSR count). The van der Waals surface area contributed by atoms with Crippen LogP contribution in [0.25, 0.3) is 0 Å². The number of aliphatic hydroxyl groups is 1. The van der Waals surface area contributed by atoms with Crippen molar-refractivity contribution in [2.45, 2.75) is 19.2 Å². The zero-order chi connectivity index (χ0) is 12.2. The van der Waals surface area contributed by atoms with Crippen molar-refractivity contribution >= 4 is 0 Å². The lowest BCUT2D eigenvalue weighted by molar-refractivity contribution is -0.139. The van der Waals surface area contributed by atoms with Crippen LogP contribution < -0.4 is 5.32 Å². The minimum absolute atomic E-state index is 0.0871. The highest BCUT2D eigenvalue weighted by atomic mass is 19.4. The Hall–Kier alpha value is -1.07. The second kappa shape index (κ2) is 5.32. The Bertz CT molecular complexity index is 338. The summed E-state index contributed by atoms with van der Waals surface area (Å²) in [7, 11) is 0. The summed E-state index contributed by atoms with van der Waals surface area (Å²) in [5.41, 5.74) is -0.864. The van der Waals surface area contributed by atoms with Crippen molar-refractivity contribution in [2.24, 2.45) is 0 Å². The van der Waals surface area contributed by atoms with Crippen LogP contribution in [0.2, 0.25) is 0 Å². The molecule has 5 heteroatoms. The van der Waals surface area contributed by atoms with Gasteiger partial charge in [0.05, 0.1) is 11.7 Å². The Morgan fingerprint density at radius 3 is 2.50 bits per heavy atom. The van der Waals surface area contributed by atoms with Crippen LogP contribution in [-0.4, -0.2) is 18.2 Å². The molecule has 0 heterocycles. The van der Waals surface area contributed by atoms with Gasteiger partial charge in [-0.05, 0) is 18.2 Å². The molecule has 2 nitrogen and oxygen atoms in total. The molecule has 1 aromatic carbocycles. The maximum Gasteiger partial charge on any atom is 0.416 e. The molecule has 2 N–H and O–H groups in total. The number of hydrogen-bond acceptors (Lipinski definition) is 2. The van der Waals surface area contributed by atoms with E-state index in [0.717, 1.165) is 6.07 Å². The molecule has 0 aliphatic heterocycles.